The topological polar surface area (TPSA) is 49.4 Å². The highest BCUT2D eigenvalue weighted by Crippen LogP contribution is 2.48. The highest BCUT2D eigenvalue weighted by Gasteiger charge is 2.51. The zero-order valence-corrected chi connectivity index (χ0v) is 13.5. The minimum absolute atomic E-state index is 0.0359. The molecule has 2 aliphatic rings. The first-order chi connectivity index (χ1) is 10.5. The second-order valence-corrected chi connectivity index (χ2v) is 6.85. The van der Waals surface area contributed by atoms with Gasteiger partial charge in [-0.1, -0.05) is 23.7 Å². The molecule has 1 atom stereocenters. The fourth-order valence-corrected chi connectivity index (χ4v) is 3.38. The first kappa shape index (κ1) is 15.3. The zero-order chi connectivity index (χ0) is 15.7. The van der Waals surface area contributed by atoms with Crippen molar-refractivity contribution in [2.24, 2.45) is 0 Å². The van der Waals surface area contributed by atoms with E-state index in [1.165, 1.54) is 0 Å². The van der Waals surface area contributed by atoms with Crippen LogP contribution in [0.15, 0.2) is 24.3 Å². The molecule has 1 saturated heterocycles. The van der Waals surface area contributed by atoms with Crippen LogP contribution in [0.2, 0.25) is 5.02 Å². The molecule has 4 nitrogen and oxygen atoms in total. The van der Waals surface area contributed by atoms with Crippen LogP contribution in [0, 0.1) is 0 Å². The van der Waals surface area contributed by atoms with Crippen LogP contribution in [0.25, 0.3) is 0 Å². The number of rotatable bonds is 5. The lowest BCUT2D eigenvalue weighted by Crippen LogP contribution is -2.46. The Morgan fingerprint density at radius 2 is 2.23 bits per heavy atom. The van der Waals surface area contributed by atoms with Gasteiger partial charge in [-0.2, -0.15) is 0 Å². The lowest BCUT2D eigenvalue weighted by Gasteiger charge is -2.24. The molecule has 1 heterocycles. The Bertz CT molecular complexity index is 598. The highest BCUT2D eigenvalue weighted by molar-refractivity contribution is 6.30. The van der Waals surface area contributed by atoms with Crippen LogP contribution in [0.3, 0.4) is 0 Å². The number of carbonyl (C=O) groups excluding carboxylic acids is 2. The van der Waals surface area contributed by atoms with E-state index in [1.54, 1.807) is 0 Å². The van der Waals surface area contributed by atoms with Crippen molar-refractivity contribution < 1.29 is 9.59 Å². The molecule has 2 amide bonds. The fraction of sp³-hybridized carbons (Fsp3) is 0.529. The summed E-state index contributed by atoms with van der Waals surface area (Å²) in [6, 6.07) is 7.51. The molecular formula is C17H21ClN2O2. The first-order valence-electron chi connectivity index (χ1n) is 7.86. The van der Waals surface area contributed by atoms with Gasteiger partial charge in [0.1, 0.15) is 0 Å². The van der Waals surface area contributed by atoms with Gasteiger partial charge in [0, 0.05) is 30.6 Å². The van der Waals surface area contributed by atoms with E-state index in [0.29, 0.717) is 18.0 Å². The maximum absolute atomic E-state index is 12.6. The number of amides is 2. The average Bonchev–Trinajstić information content (AvgIpc) is 3.20. The van der Waals surface area contributed by atoms with Gasteiger partial charge in [-0.05, 0) is 43.9 Å². The van der Waals surface area contributed by atoms with E-state index in [-0.39, 0.29) is 17.9 Å². The molecule has 1 aliphatic carbocycles. The van der Waals surface area contributed by atoms with Gasteiger partial charge in [0.15, 0.2) is 0 Å². The van der Waals surface area contributed by atoms with Crippen molar-refractivity contribution in [1.29, 1.82) is 0 Å². The van der Waals surface area contributed by atoms with Gasteiger partial charge in [-0.25, -0.2) is 0 Å². The lowest BCUT2D eigenvalue weighted by molar-refractivity contribution is -0.129. The second-order valence-electron chi connectivity index (χ2n) is 6.41. The molecule has 2 fully saturated rings. The average molecular weight is 321 g/mol. The molecule has 0 radical (unpaired) electrons. The number of nitrogens with one attached hydrogen (secondary N) is 1. The normalized spacial score (nSPS) is 20.8. The third-order valence-corrected chi connectivity index (χ3v) is 4.84. The molecular weight excluding hydrogens is 300 g/mol. The molecule has 1 saturated carbocycles. The van der Waals surface area contributed by atoms with E-state index in [9.17, 15) is 9.59 Å². The number of hydrogen-bond donors (Lipinski definition) is 1. The summed E-state index contributed by atoms with van der Waals surface area (Å²) >= 11 is 6.04. The van der Waals surface area contributed by atoms with E-state index in [2.05, 4.69) is 5.32 Å². The predicted octanol–water partition coefficient (Wildman–Crippen LogP) is 2.50. The zero-order valence-electron chi connectivity index (χ0n) is 12.8. The van der Waals surface area contributed by atoms with Crippen molar-refractivity contribution in [2.45, 2.75) is 44.1 Å². The van der Waals surface area contributed by atoms with Gasteiger partial charge >= 0.3 is 0 Å². The maximum atomic E-state index is 12.6. The van der Waals surface area contributed by atoms with E-state index < -0.39 is 5.41 Å². The molecule has 1 aliphatic heterocycles. The van der Waals surface area contributed by atoms with Crippen molar-refractivity contribution in [3.05, 3.63) is 34.9 Å². The van der Waals surface area contributed by atoms with Crippen molar-refractivity contribution in [1.82, 2.24) is 10.2 Å². The molecule has 0 bridgehead atoms. The first-order valence-corrected chi connectivity index (χ1v) is 8.24. The largest absolute Gasteiger partial charge is 0.351 e. The van der Waals surface area contributed by atoms with Crippen LogP contribution in [0.4, 0.5) is 0 Å². The SMILES string of the molecule is CC(CN1CCCC1=O)NC(=O)C1(c2cccc(Cl)c2)CC1. The number of benzene rings is 1. The standard InChI is InChI=1S/C17H21ClN2O2/c1-12(11-20-9-3-6-15(20)21)19-16(22)17(7-8-17)13-4-2-5-14(18)10-13/h2,4-5,10,12H,3,6-9,11H2,1H3,(H,19,22). The lowest BCUT2D eigenvalue weighted by atomic mass is 9.94. The van der Waals surface area contributed by atoms with Gasteiger partial charge in [0.2, 0.25) is 11.8 Å². The quantitative estimate of drug-likeness (QED) is 0.906. The second kappa shape index (κ2) is 5.92. The molecule has 22 heavy (non-hydrogen) atoms. The minimum atomic E-state index is -0.422. The smallest absolute Gasteiger partial charge is 0.230 e. The molecule has 5 heteroatoms. The van der Waals surface area contributed by atoms with E-state index in [1.807, 2.05) is 36.1 Å². The summed E-state index contributed by atoms with van der Waals surface area (Å²) in [5.41, 5.74) is 0.565. The van der Waals surface area contributed by atoms with Crippen molar-refractivity contribution >= 4 is 23.4 Å². The van der Waals surface area contributed by atoms with Crippen LogP contribution in [0.5, 0.6) is 0 Å². The summed E-state index contributed by atoms with van der Waals surface area (Å²) < 4.78 is 0. The molecule has 0 aromatic heterocycles. The van der Waals surface area contributed by atoms with Crippen molar-refractivity contribution in [3.63, 3.8) is 0 Å². The number of hydrogen-bond acceptors (Lipinski definition) is 2. The van der Waals surface area contributed by atoms with Crippen LogP contribution in [-0.2, 0) is 15.0 Å². The third kappa shape index (κ3) is 2.98. The monoisotopic (exact) mass is 320 g/mol. The molecule has 118 valence electrons. The Morgan fingerprint density at radius 3 is 2.82 bits per heavy atom. The predicted molar refractivity (Wildman–Crippen MR) is 85.8 cm³/mol. The fourth-order valence-electron chi connectivity index (χ4n) is 3.19. The summed E-state index contributed by atoms with van der Waals surface area (Å²) in [6.45, 7) is 3.35. The molecule has 1 N–H and O–H groups in total. The van der Waals surface area contributed by atoms with E-state index >= 15 is 0 Å². The Balaban J connectivity index is 1.63. The summed E-state index contributed by atoms with van der Waals surface area (Å²) in [7, 11) is 0. The van der Waals surface area contributed by atoms with Gasteiger partial charge in [-0.15, -0.1) is 0 Å². The van der Waals surface area contributed by atoms with Crippen LogP contribution in [-0.4, -0.2) is 35.8 Å². The third-order valence-electron chi connectivity index (χ3n) is 4.60. The van der Waals surface area contributed by atoms with Crippen molar-refractivity contribution in [2.75, 3.05) is 13.1 Å². The molecule has 0 spiro atoms. The summed E-state index contributed by atoms with van der Waals surface area (Å²) in [5.74, 6) is 0.242. The van der Waals surface area contributed by atoms with Gasteiger partial charge in [0.05, 0.1) is 5.41 Å². The van der Waals surface area contributed by atoms with Crippen molar-refractivity contribution in [3.8, 4) is 0 Å². The number of halogens is 1. The van der Waals surface area contributed by atoms with Gasteiger partial charge in [-0.3, -0.25) is 9.59 Å². The summed E-state index contributed by atoms with van der Waals surface area (Å²) in [4.78, 5) is 26.1. The molecule has 1 aromatic rings. The summed E-state index contributed by atoms with van der Waals surface area (Å²) in [6.07, 6.45) is 3.27. The van der Waals surface area contributed by atoms with Gasteiger partial charge < -0.3 is 10.2 Å². The minimum Gasteiger partial charge on any atom is -0.351 e. The van der Waals surface area contributed by atoms with E-state index in [4.69, 9.17) is 11.6 Å². The highest BCUT2D eigenvalue weighted by atomic mass is 35.5. The number of carbonyl (C=O) groups is 2. The Morgan fingerprint density at radius 1 is 1.45 bits per heavy atom. The van der Waals surface area contributed by atoms with Gasteiger partial charge in [0.25, 0.3) is 0 Å². The number of likely N-dealkylation sites (tertiary alicyclic amines) is 1. The maximum Gasteiger partial charge on any atom is 0.230 e. The van der Waals surface area contributed by atoms with E-state index in [0.717, 1.165) is 31.4 Å². The molecule has 3 rings (SSSR count). The molecule has 1 unspecified atom stereocenters. The van der Waals surface area contributed by atoms with Crippen LogP contribution < -0.4 is 5.32 Å². The Labute approximate surface area is 135 Å². The Hall–Kier alpha value is -1.55. The van der Waals surface area contributed by atoms with Crippen LogP contribution >= 0.6 is 11.6 Å². The molecule has 1 aromatic carbocycles. The number of nitrogens with zero attached hydrogens (tertiary/aromatic N) is 1. The van der Waals surface area contributed by atoms with Crippen LogP contribution in [0.1, 0.15) is 38.2 Å². The summed E-state index contributed by atoms with van der Waals surface area (Å²) in [5, 5.41) is 3.73. The Kier molecular flexibility index (Phi) is 4.13.